The molecule has 2 aliphatic rings. The van der Waals surface area contributed by atoms with Crippen molar-refractivity contribution < 1.29 is 9.84 Å². The molecule has 0 aromatic carbocycles. The molecule has 162 valence electrons. The van der Waals surface area contributed by atoms with Crippen molar-refractivity contribution in [3.05, 3.63) is 29.3 Å². The van der Waals surface area contributed by atoms with E-state index >= 15 is 0 Å². The van der Waals surface area contributed by atoms with E-state index in [1.165, 1.54) is 0 Å². The molecule has 0 unspecified atom stereocenters. The van der Waals surface area contributed by atoms with Crippen molar-refractivity contribution in [1.29, 1.82) is 0 Å². The molecular formula is C21H26N8O2. The van der Waals surface area contributed by atoms with Gasteiger partial charge in [-0.15, -0.1) is 0 Å². The van der Waals surface area contributed by atoms with Gasteiger partial charge in [-0.05, 0) is 37.7 Å². The smallest absolute Gasteiger partial charge is 0.177 e. The number of hydrogen-bond donors (Lipinski definition) is 3. The first kappa shape index (κ1) is 19.9. The molecule has 10 nitrogen and oxygen atoms in total. The number of aliphatic hydroxyl groups excluding tert-OH is 1. The van der Waals surface area contributed by atoms with Gasteiger partial charge < -0.3 is 20.5 Å². The highest BCUT2D eigenvalue weighted by Gasteiger charge is 2.47. The number of rotatable bonds is 2. The second-order valence-electron chi connectivity index (χ2n) is 8.44. The molecule has 10 heteroatoms. The third-order valence-electron chi connectivity index (χ3n) is 6.52. The summed E-state index contributed by atoms with van der Waals surface area (Å²) in [5, 5.41) is 21.4. The largest absolute Gasteiger partial charge is 0.390 e. The summed E-state index contributed by atoms with van der Waals surface area (Å²) in [6.45, 7) is 4.12. The minimum atomic E-state index is -0.210. The van der Waals surface area contributed by atoms with Gasteiger partial charge in [-0.1, -0.05) is 0 Å². The number of anilines is 1. The van der Waals surface area contributed by atoms with Crippen LogP contribution in [-0.4, -0.2) is 66.9 Å². The third-order valence-corrected chi connectivity index (χ3v) is 6.52. The number of aromatic amines is 1. The van der Waals surface area contributed by atoms with E-state index in [2.05, 4.69) is 37.0 Å². The van der Waals surface area contributed by atoms with Crippen LogP contribution in [0.4, 0.5) is 5.82 Å². The Balaban J connectivity index is 1.41. The molecule has 5 rings (SSSR count). The quantitative estimate of drug-likeness (QED) is 0.503. The van der Waals surface area contributed by atoms with Crippen molar-refractivity contribution in [3.8, 4) is 11.8 Å². The highest BCUT2D eigenvalue weighted by atomic mass is 16.5. The second-order valence-corrected chi connectivity index (χ2v) is 8.44. The maximum absolute atomic E-state index is 9.98. The first-order valence-corrected chi connectivity index (χ1v) is 10.5. The number of H-pyrrole nitrogens is 1. The molecule has 2 saturated heterocycles. The van der Waals surface area contributed by atoms with Crippen LogP contribution < -0.4 is 10.6 Å². The van der Waals surface area contributed by atoms with Crippen molar-refractivity contribution in [1.82, 2.24) is 29.9 Å². The van der Waals surface area contributed by atoms with Crippen LogP contribution in [-0.2, 0) is 18.4 Å². The maximum Gasteiger partial charge on any atom is 0.177 e. The molecule has 4 N–H and O–H groups in total. The molecule has 0 amide bonds. The summed E-state index contributed by atoms with van der Waals surface area (Å²) in [5.41, 5.74) is 9.20. The number of nitrogens with two attached hydrogens (primary N) is 1. The Bertz CT molecular complexity index is 1170. The van der Waals surface area contributed by atoms with E-state index < -0.39 is 0 Å². The fourth-order valence-electron chi connectivity index (χ4n) is 4.55. The van der Waals surface area contributed by atoms with E-state index in [-0.39, 0.29) is 24.2 Å². The molecule has 0 saturated carbocycles. The van der Waals surface area contributed by atoms with E-state index in [1.807, 2.05) is 26.2 Å². The number of hydrogen-bond acceptors (Lipinski definition) is 8. The summed E-state index contributed by atoms with van der Waals surface area (Å²) in [6.07, 6.45) is 3.77. The molecule has 3 aromatic heterocycles. The number of aromatic nitrogens is 6. The lowest BCUT2D eigenvalue weighted by Crippen LogP contribution is -2.51. The normalized spacial score (nSPS) is 22.8. The molecule has 3 aromatic rings. The molecule has 31 heavy (non-hydrogen) atoms. The molecule has 0 bridgehead atoms. The average molecular weight is 422 g/mol. The van der Waals surface area contributed by atoms with Crippen LogP contribution in [0.2, 0.25) is 0 Å². The Morgan fingerprint density at radius 1 is 1.32 bits per heavy atom. The second kappa shape index (κ2) is 7.60. The van der Waals surface area contributed by atoms with Gasteiger partial charge in [-0.25, -0.2) is 9.97 Å². The van der Waals surface area contributed by atoms with Gasteiger partial charge in [0.25, 0.3) is 0 Å². The summed E-state index contributed by atoms with van der Waals surface area (Å²) >= 11 is 0. The lowest BCUT2D eigenvalue weighted by molar-refractivity contribution is 0.0973. The number of ether oxygens (including phenoxy) is 1. The SMILES string of the molecule is C[C@@H]1OCC2(CCN(c3nc4[nH]nc(C#Cc5ccn(C)n5)c4nc3CO)CC2)[C@@H]1N. The molecular weight excluding hydrogens is 396 g/mol. The summed E-state index contributed by atoms with van der Waals surface area (Å²) in [4.78, 5) is 11.5. The number of aliphatic hydroxyl groups is 1. The van der Waals surface area contributed by atoms with Crippen molar-refractivity contribution in [2.45, 2.75) is 38.5 Å². The predicted octanol–water partition coefficient (Wildman–Crippen LogP) is 0.311. The highest BCUT2D eigenvalue weighted by Crippen LogP contribution is 2.42. The number of nitrogens with one attached hydrogen (secondary N) is 1. The van der Waals surface area contributed by atoms with Crippen LogP contribution in [0.25, 0.3) is 11.2 Å². The summed E-state index contributed by atoms with van der Waals surface area (Å²) < 4.78 is 7.51. The highest BCUT2D eigenvalue weighted by molar-refractivity contribution is 5.78. The Kier molecular flexibility index (Phi) is 4.89. The zero-order chi connectivity index (χ0) is 21.6. The fourth-order valence-corrected chi connectivity index (χ4v) is 4.55. The number of fused-ring (bicyclic) bond motifs is 1. The van der Waals surface area contributed by atoms with Gasteiger partial charge in [0.05, 0.1) is 19.3 Å². The van der Waals surface area contributed by atoms with Crippen LogP contribution in [0.1, 0.15) is 36.8 Å². The molecule has 5 heterocycles. The Labute approximate surface area is 179 Å². The number of piperidine rings is 1. The predicted molar refractivity (Wildman–Crippen MR) is 114 cm³/mol. The molecule has 2 fully saturated rings. The standard InChI is InChI=1S/C21H26N8O2/c1-13-18(22)21(12-31-13)6-9-29(10-7-21)20-16(11-30)23-17-15(25-26-19(17)24-20)4-3-14-5-8-28(2)27-14/h5,8,13,18,30H,6-7,9-12,22H2,1-2H3,(H,24,25,26)/t13-,18+/m0/s1. The average Bonchev–Trinajstić information content (AvgIpc) is 3.46. The van der Waals surface area contributed by atoms with Crippen molar-refractivity contribution in [2.24, 2.45) is 18.2 Å². The zero-order valence-corrected chi connectivity index (χ0v) is 17.7. The molecule has 0 radical (unpaired) electrons. The fraction of sp³-hybridized carbons (Fsp3) is 0.524. The van der Waals surface area contributed by atoms with Crippen LogP contribution in [0.5, 0.6) is 0 Å². The Morgan fingerprint density at radius 2 is 2.13 bits per heavy atom. The van der Waals surface area contributed by atoms with Gasteiger partial charge in [0.1, 0.15) is 16.9 Å². The summed E-state index contributed by atoms with van der Waals surface area (Å²) in [7, 11) is 1.84. The van der Waals surface area contributed by atoms with Crippen LogP contribution in [0.15, 0.2) is 12.3 Å². The number of aryl methyl sites for hydroxylation is 1. The maximum atomic E-state index is 9.98. The molecule has 2 atom stereocenters. The van der Waals surface area contributed by atoms with Crippen LogP contribution in [0, 0.1) is 17.3 Å². The third kappa shape index (κ3) is 3.44. The minimum Gasteiger partial charge on any atom is -0.390 e. The van der Waals surface area contributed by atoms with Crippen LogP contribution >= 0.6 is 0 Å². The van der Waals surface area contributed by atoms with Gasteiger partial charge in [0, 0.05) is 37.8 Å². The monoisotopic (exact) mass is 422 g/mol. The van der Waals surface area contributed by atoms with Crippen molar-refractivity contribution in [2.75, 3.05) is 24.6 Å². The van der Waals surface area contributed by atoms with Crippen LogP contribution in [0.3, 0.4) is 0 Å². The van der Waals surface area contributed by atoms with Gasteiger partial charge in [0.2, 0.25) is 0 Å². The molecule has 0 aliphatic carbocycles. The molecule has 1 spiro atoms. The summed E-state index contributed by atoms with van der Waals surface area (Å²) in [6, 6.07) is 1.88. The van der Waals surface area contributed by atoms with E-state index in [9.17, 15) is 5.11 Å². The van der Waals surface area contributed by atoms with Gasteiger partial charge >= 0.3 is 0 Å². The zero-order valence-electron chi connectivity index (χ0n) is 17.7. The van der Waals surface area contributed by atoms with Gasteiger partial charge in [-0.2, -0.15) is 10.2 Å². The Morgan fingerprint density at radius 3 is 2.77 bits per heavy atom. The lowest BCUT2D eigenvalue weighted by atomic mass is 9.73. The lowest BCUT2D eigenvalue weighted by Gasteiger charge is -2.41. The van der Waals surface area contributed by atoms with E-state index in [0.717, 1.165) is 25.9 Å². The molecule has 2 aliphatic heterocycles. The van der Waals surface area contributed by atoms with Gasteiger partial charge in [0.15, 0.2) is 17.2 Å². The topological polar surface area (TPSA) is 131 Å². The van der Waals surface area contributed by atoms with E-state index in [4.69, 9.17) is 15.5 Å². The number of nitrogens with zero attached hydrogens (tertiary/aromatic N) is 6. The summed E-state index contributed by atoms with van der Waals surface area (Å²) in [5.74, 6) is 6.66. The first-order chi connectivity index (χ1) is 15.0. The van der Waals surface area contributed by atoms with E-state index in [1.54, 1.807) is 4.68 Å². The van der Waals surface area contributed by atoms with Crippen molar-refractivity contribution >= 4 is 17.0 Å². The van der Waals surface area contributed by atoms with Gasteiger partial charge in [-0.3, -0.25) is 9.78 Å². The van der Waals surface area contributed by atoms with E-state index in [0.29, 0.717) is 40.7 Å². The van der Waals surface area contributed by atoms with Crippen molar-refractivity contribution in [3.63, 3.8) is 0 Å². The Hall–Kier alpha value is -3.00. The minimum absolute atomic E-state index is 0.0229. The first-order valence-electron chi connectivity index (χ1n) is 10.5.